The van der Waals surface area contributed by atoms with Gasteiger partial charge in [-0.25, -0.2) is 27.3 Å². The average molecular weight is 577 g/mol. The lowest BCUT2D eigenvalue weighted by atomic mass is 10.0. The quantitative estimate of drug-likeness (QED) is 0.429. The Morgan fingerprint density at radius 2 is 1.88 bits per heavy atom. The lowest BCUT2D eigenvalue weighted by molar-refractivity contribution is -0.133. The van der Waals surface area contributed by atoms with Gasteiger partial charge in [0.2, 0.25) is 16.0 Å². The van der Waals surface area contributed by atoms with Gasteiger partial charge in [0.05, 0.1) is 16.8 Å². The second-order valence-electron chi connectivity index (χ2n) is 10.7. The maximum atomic E-state index is 15.0. The third kappa shape index (κ3) is 5.97. The van der Waals surface area contributed by atoms with Gasteiger partial charge in [-0.3, -0.25) is 9.69 Å². The molecule has 1 aromatic carbocycles. The number of alkyl carbamates (subject to hydrolysis) is 1. The third-order valence-corrected chi connectivity index (χ3v) is 8.68. The van der Waals surface area contributed by atoms with Crippen LogP contribution < -0.4 is 25.0 Å². The number of aromatic nitrogens is 2. The Morgan fingerprint density at radius 1 is 1.10 bits per heavy atom. The molecule has 6 bridgehead atoms. The Bertz CT molecular complexity index is 1400. The minimum atomic E-state index is -3.91. The van der Waals surface area contributed by atoms with E-state index >= 15 is 0 Å². The van der Waals surface area contributed by atoms with Gasteiger partial charge in [0.15, 0.2) is 17.2 Å². The molecule has 4 heterocycles. The average Bonchev–Trinajstić information content (AvgIpc) is 3.34. The number of benzene rings is 1. The Kier molecular flexibility index (Phi) is 7.82. The van der Waals surface area contributed by atoms with Gasteiger partial charge in [0.1, 0.15) is 11.9 Å². The molecule has 0 spiro atoms. The summed E-state index contributed by atoms with van der Waals surface area (Å²) in [5, 5.41) is 5.53. The van der Waals surface area contributed by atoms with Crippen molar-refractivity contribution in [2.45, 2.75) is 81.4 Å². The number of sulfonamides is 1. The van der Waals surface area contributed by atoms with Crippen LogP contribution in [-0.2, 0) is 19.6 Å². The molecule has 14 heteroatoms. The van der Waals surface area contributed by atoms with Crippen LogP contribution in [0, 0.1) is 5.82 Å². The summed E-state index contributed by atoms with van der Waals surface area (Å²) in [6.45, 7) is 3.96. The van der Waals surface area contributed by atoms with Crippen molar-refractivity contribution in [3.8, 4) is 5.75 Å². The van der Waals surface area contributed by atoms with Gasteiger partial charge >= 0.3 is 6.09 Å². The number of hydrogen-bond donors (Lipinski definition) is 3. The minimum Gasteiger partial charge on any atom is -0.472 e. The molecule has 4 aliphatic rings. The highest BCUT2D eigenvalue weighted by molar-refractivity contribution is 7.89. The molecule has 2 amide bonds. The number of hydrogen-bond acceptors (Lipinski definition) is 9. The van der Waals surface area contributed by atoms with Crippen LogP contribution in [0.3, 0.4) is 0 Å². The number of rotatable bonds is 0. The zero-order valence-electron chi connectivity index (χ0n) is 22.4. The summed E-state index contributed by atoms with van der Waals surface area (Å²) in [6, 6.07) is 3.23. The Labute approximate surface area is 232 Å². The summed E-state index contributed by atoms with van der Waals surface area (Å²) >= 11 is 0. The summed E-state index contributed by atoms with van der Waals surface area (Å²) in [7, 11) is -3.91. The van der Waals surface area contributed by atoms with Crippen molar-refractivity contribution in [1.29, 1.82) is 0 Å². The summed E-state index contributed by atoms with van der Waals surface area (Å²) in [5.74, 6) is -0.606. The molecule has 1 fully saturated rings. The molecule has 1 aliphatic carbocycles. The van der Waals surface area contributed by atoms with E-state index in [1.165, 1.54) is 18.3 Å². The predicted molar refractivity (Wildman–Crippen MR) is 143 cm³/mol. The predicted octanol–water partition coefficient (Wildman–Crippen LogP) is 3.36. The SMILES string of the molecule is CC1(C)Oc2cnc3nc2N(C1=O)[C@H]1CC[C@@H](C1)OC(=O)NCCCCCCNS(=O)(=O)c1ccc(c(F)c1)N3. The molecule has 12 nitrogen and oxygen atoms in total. The van der Waals surface area contributed by atoms with Gasteiger partial charge in [-0.15, -0.1) is 0 Å². The monoisotopic (exact) mass is 576 g/mol. The van der Waals surface area contributed by atoms with Crippen molar-refractivity contribution in [1.82, 2.24) is 20.0 Å². The first-order chi connectivity index (χ1) is 19.0. The lowest BCUT2D eigenvalue weighted by Gasteiger charge is -2.40. The maximum Gasteiger partial charge on any atom is 0.407 e. The molecule has 3 N–H and O–H groups in total. The van der Waals surface area contributed by atoms with E-state index in [2.05, 4.69) is 25.3 Å². The molecule has 40 heavy (non-hydrogen) atoms. The first-order valence-corrected chi connectivity index (χ1v) is 14.9. The summed E-state index contributed by atoms with van der Waals surface area (Å²) < 4.78 is 54.3. The molecule has 1 saturated carbocycles. The van der Waals surface area contributed by atoms with E-state index in [1.54, 1.807) is 18.7 Å². The van der Waals surface area contributed by atoms with E-state index in [0.717, 1.165) is 18.9 Å². The molecule has 1 aromatic heterocycles. The summed E-state index contributed by atoms with van der Waals surface area (Å²) in [5.41, 5.74) is -1.21. The van der Waals surface area contributed by atoms with Gasteiger partial charge in [-0.1, -0.05) is 12.8 Å². The molecule has 2 aromatic rings. The second-order valence-corrected chi connectivity index (χ2v) is 12.4. The number of nitrogens with zero attached hydrogens (tertiary/aromatic N) is 3. The second kappa shape index (κ2) is 11.2. The van der Waals surface area contributed by atoms with Crippen LogP contribution in [0.2, 0.25) is 0 Å². The number of amides is 2. The lowest BCUT2D eigenvalue weighted by Crippen LogP contribution is -2.56. The van der Waals surface area contributed by atoms with Crippen molar-refractivity contribution >= 4 is 39.5 Å². The summed E-state index contributed by atoms with van der Waals surface area (Å²) in [6.07, 6.45) is 4.99. The zero-order chi connectivity index (χ0) is 28.5. The smallest absolute Gasteiger partial charge is 0.407 e. The normalized spacial score (nSPS) is 24.8. The van der Waals surface area contributed by atoms with E-state index in [9.17, 15) is 22.4 Å². The van der Waals surface area contributed by atoms with Crippen LogP contribution in [0.5, 0.6) is 5.75 Å². The number of ether oxygens (including phenoxy) is 2. The Balaban J connectivity index is 1.46. The van der Waals surface area contributed by atoms with Crippen LogP contribution in [-0.4, -0.2) is 61.2 Å². The van der Waals surface area contributed by atoms with Crippen molar-refractivity contribution in [3.63, 3.8) is 0 Å². The van der Waals surface area contributed by atoms with Crippen molar-refractivity contribution < 1.29 is 31.9 Å². The van der Waals surface area contributed by atoms with E-state index in [1.807, 2.05) is 0 Å². The first kappa shape index (κ1) is 28.0. The Hall–Kier alpha value is -3.52. The van der Waals surface area contributed by atoms with E-state index in [-0.39, 0.29) is 52.7 Å². The van der Waals surface area contributed by atoms with E-state index in [0.29, 0.717) is 38.6 Å². The summed E-state index contributed by atoms with van der Waals surface area (Å²) in [4.78, 5) is 35.9. The largest absolute Gasteiger partial charge is 0.472 e. The van der Waals surface area contributed by atoms with Crippen LogP contribution >= 0.6 is 0 Å². The highest BCUT2D eigenvalue weighted by atomic mass is 32.2. The van der Waals surface area contributed by atoms with Gasteiger partial charge in [-0.05, 0) is 57.7 Å². The van der Waals surface area contributed by atoms with Gasteiger partial charge in [0, 0.05) is 25.6 Å². The molecule has 0 unspecified atom stereocenters. The van der Waals surface area contributed by atoms with Crippen molar-refractivity contribution in [2.24, 2.45) is 0 Å². The van der Waals surface area contributed by atoms with Gasteiger partial charge in [0.25, 0.3) is 5.91 Å². The van der Waals surface area contributed by atoms with Crippen molar-refractivity contribution in [3.05, 3.63) is 30.2 Å². The molecular formula is C26H33FN6O6S. The number of anilines is 3. The molecule has 0 radical (unpaired) electrons. The molecule has 3 aliphatic heterocycles. The standard InChI is InChI=1S/C26H33FN6O6S/c1-26(2)23(34)33-16-7-8-17(13-16)38-25(35)28-11-5-3-4-6-12-30-40(36,37)18-9-10-20(19(27)14-18)31-24-29-15-21(39-26)22(33)32-24/h9-10,14-17,30H,3-8,11-13H2,1-2H3,(H,28,35)(H,29,31,32)/t16-,17-/m0/s1. The zero-order valence-corrected chi connectivity index (χ0v) is 23.2. The van der Waals surface area contributed by atoms with Crippen LogP contribution in [0.1, 0.15) is 58.8 Å². The fraction of sp³-hybridized carbons (Fsp3) is 0.538. The highest BCUT2D eigenvalue weighted by Crippen LogP contribution is 2.41. The number of halogens is 1. The topological polar surface area (TPSA) is 152 Å². The molecule has 6 rings (SSSR count). The van der Waals surface area contributed by atoms with Gasteiger partial charge in [-0.2, -0.15) is 4.98 Å². The maximum absolute atomic E-state index is 15.0. The Morgan fingerprint density at radius 3 is 2.65 bits per heavy atom. The highest BCUT2D eigenvalue weighted by Gasteiger charge is 2.47. The van der Waals surface area contributed by atoms with Crippen LogP contribution in [0.25, 0.3) is 0 Å². The van der Waals surface area contributed by atoms with Crippen LogP contribution in [0.15, 0.2) is 29.3 Å². The fourth-order valence-electron chi connectivity index (χ4n) is 5.13. The van der Waals surface area contributed by atoms with Gasteiger partial charge < -0.3 is 20.1 Å². The third-order valence-electron chi connectivity index (χ3n) is 7.22. The molecular weight excluding hydrogens is 543 g/mol. The van der Waals surface area contributed by atoms with E-state index in [4.69, 9.17) is 9.47 Å². The molecule has 216 valence electrons. The molecule has 0 saturated heterocycles. The first-order valence-electron chi connectivity index (χ1n) is 13.4. The number of carbonyl (C=O) groups excluding carboxylic acids is 2. The van der Waals surface area contributed by atoms with E-state index < -0.39 is 27.5 Å². The number of fused-ring (bicyclic) bond motifs is 12. The van der Waals surface area contributed by atoms with Crippen molar-refractivity contribution in [2.75, 3.05) is 23.3 Å². The number of carbonyl (C=O) groups is 2. The van der Waals surface area contributed by atoms with Crippen LogP contribution in [0.4, 0.5) is 26.6 Å². The number of nitrogens with one attached hydrogen (secondary N) is 3. The molecule has 2 atom stereocenters. The minimum absolute atomic E-state index is 0.00365. The fourth-order valence-corrected chi connectivity index (χ4v) is 6.22.